The predicted octanol–water partition coefficient (Wildman–Crippen LogP) is 2.85. The molecule has 3 atom stereocenters. The zero-order valence-electron chi connectivity index (χ0n) is 14.3. The number of carbonyl (C=O) groups excluding carboxylic acids is 1. The molecular weight excluding hydrogens is 264 g/mol. The highest BCUT2D eigenvalue weighted by Gasteiger charge is 2.30. The highest BCUT2D eigenvalue weighted by molar-refractivity contribution is 5.84. The van der Waals surface area contributed by atoms with Crippen LogP contribution in [0.4, 0.5) is 0 Å². The average Bonchev–Trinajstić information content (AvgIpc) is 2.40. The van der Waals surface area contributed by atoms with Gasteiger partial charge >= 0.3 is 0 Å². The van der Waals surface area contributed by atoms with E-state index < -0.39 is 5.54 Å². The molecule has 3 N–H and O–H groups in total. The van der Waals surface area contributed by atoms with Gasteiger partial charge in [0, 0.05) is 6.61 Å². The van der Waals surface area contributed by atoms with E-state index >= 15 is 0 Å². The Balaban J connectivity index is 2.29. The van der Waals surface area contributed by atoms with Gasteiger partial charge in [0.2, 0.25) is 5.91 Å². The van der Waals surface area contributed by atoms with Gasteiger partial charge < -0.3 is 15.8 Å². The Morgan fingerprint density at radius 2 is 1.90 bits per heavy atom. The first-order chi connectivity index (χ1) is 9.87. The second-order valence-corrected chi connectivity index (χ2v) is 7.14. The molecule has 0 aromatic heterocycles. The SMILES string of the molecule is CCCNC(C)(CCCOC1CC(C)CC(C)C1)C(N)=O. The molecule has 1 aliphatic rings. The number of ether oxygens (including phenoxy) is 1. The molecule has 0 radical (unpaired) electrons. The van der Waals surface area contributed by atoms with Gasteiger partial charge in [-0.1, -0.05) is 20.8 Å². The Kier molecular flexibility index (Phi) is 7.67. The van der Waals surface area contributed by atoms with E-state index in [1.54, 1.807) is 0 Å². The van der Waals surface area contributed by atoms with Gasteiger partial charge in [-0.05, 0) is 63.8 Å². The summed E-state index contributed by atoms with van der Waals surface area (Å²) >= 11 is 0. The standard InChI is InChI=1S/C17H34N2O2/c1-5-8-19-17(4,16(18)20)7-6-9-21-15-11-13(2)10-14(3)12-15/h13-15,19H,5-12H2,1-4H3,(H2,18,20). The summed E-state index contributed by atoms with van der Waals surface area (Å²) in [5, 5.41) is 3.27. The van der Waals surface area contributed by atoms with Crippen molar-refractivity contribution in [2.24, 2.45) is 17.6 Å². The molecule has 3 unspecified atom stereocenters. The Hall–Kier alpha value is -0.610. The molecule has 0 spiro atoms. The van der Waals surface area contributed by atoms with Crippen molar-refractivity contribution < 1.29 is 9.53 Å². The Bertz CT molecular complexity index is 312. The van der Waals surface area contributed by atoms with Crippen molar-refractivity contribution in [2.45, 2.75) is 77.9 Å². The van der Waals surface area contributed by atoms with Gasteiger partial charge in [0.15, 0.2) is 0 Å². The van der Waals surface area contributed by atoms with Gasteiger partial charge in [0.05, 0.1) is 11.6 Å². The van der Waals surface area contributed by atoms with Gasteiger partial charge in [-0.25, -0.2) is 0 Å². The molecule has 0 saturated heterocycles. The van der Waals surface area contributed by atoms with E-state index in [1.807, 2.05) is 6.92 Å². The van der Waals surface area contributed by atoms with Crippen LogP contribution in [0.25, 0.3) is 0 Å². The molecule has 1 amide bonds. The number of rotatable bonds is 9. The lowest BCUT2D eigenvalue weighted by Crippen LogP contribution is -2.53. The van der Waals surface area contributed by atoms with E-state index in [2.05, 4.69) is 26.1 Å². The third kappa shape index (κ3) is 6.35. The molecule has 0 aromatic rings. The molecule has 0 bridgehead atoms. The van der Waals surface area contributed by atoms with Gasteiger partial charge in [-0.15, -0.1) is 0 Å². The lowest BCUT2D eigenvalue weighted by atomic mass is 9.82. The van der Waals surface area contributed by atoms with Crippen LogP contribution in [0.3, 0.4) is 0 Å². The lowest BCUT2D eigenvalue weighted by Gasteiger charge is -2.32. The molecule has 21 heavy (non-hydrogen) atoms. The average molecular weight is 298 g/mol. The molecule has 4 nitrogen and oxygen atoms in total. The zero-order chi connectivity index (χ0) is 15.9. The predicted molar refractivity (Wildman–Crippen MR) is 87.0 cm³/mol. The van der Waals surface area contributed by atoms with Gasteiger partial charge in [0.1, 0.15) is 0 Å². The number of nitrogens with two attached hydrogens (primary N) is 1. The second-order valence-electron chi connectivity index (χ2n) is 7.14. The topological polar surface area (TPSA) is 64.3 Å². The maximum atomic E-state index is 11.6. The molecule has 0 aromatic carbocycles. The second kappa shape index (κ2) is 8.74. The highest BCUT2D eigenvalue weighted by atomic mass is 16.5. The van der Waals surface area contributed by atoms with Crippen LogP contribution in [0.5, 0.6) is 0 Å². The normalized spacial score (nSPS) is 29.0. The molecule has 1 fully saturated rings. The van der Waals surface area contributed by atoms with Gasteiger partial charge in [-0.2, -0.15) is 0 Å². The summed E-state index contributed by atoms with van der Waals surface area (Å²) < 4.78 is 6.02. The molecule has 1 rings (SSSR count). The third-order valence-corrected chi connectivity index (χ3v) is 4.62. The van der Waals surface area contributed by atoms with Gasteiger partial charge in [-0.3, -0.25) is 4.79 Å². The van der Waals surface area contributed by atoms with Crippen molar-refractivity contribution in [3.63, 3.8) is 0 Å². The molecule has 4 heteroatoms. The van der Waals surface area contributed by atoms with Gasteiger partial charge in [0.25, 0.3) is 0 Å². The maximum absolute atomic E-state index is 11.6. The van der Waals surface area contributed by atoms with E-state index in [4.69, 9.17) is 10.5 Å². The van der Waals surface area contributed by atoms with Crippen molar-refractivity contribution in [3.05, 3.63) is 0 Å². The molecule has 0 aliphatic heterocycles. The summed E-state index contributed by atoms with van der Waals surface area (Å²) in [4.78, 5) is 11.6. The monoisotopic (exact) mass is 298 g/mol. The minimum Gasteiger partial charge on any atom is -0.378 e. The summed E-state index contributed by atoms with van der Waals surface area (Å²) in [5.74, 6) is 1.26. The van der Waals surface area contributed by atoms with Crippen LogP contribution in [0.2, 0.25) is 0 Å². The van der Waals surface area contributed by atoms with Crippen molar-refractivity contribution in [1.29, 1.82) is 0 Å². The first kappa shape index (κ1) is 18.4. The summed E-state index contributed by atoms with van der Waals surface area (Å²) in [7, 11) is 0. The third-order valence-electron chi connectivity index (χ3n) is 4.62. The lowest BCUT2D eigenvalue weighted by molar-refractivity contribution is -0.124. The minimum absolute atomic E-state index is 0.268. The number of amides is 1. The van der Waals surface area contributed by atoms with E-state index in [0.29, 0.717) is 6.10 Å². The van der Waals surface area contributed by atoms with E-state index in [9.17, 15) is 4.79 Å². The summed E-state index contributed by atoms with van der Waals surface area (Å²) in [5.41, 5.74) is 4.93. The largest absolute Gasteiger partial charge is 0.378 e. The fourth-order valence-electron chi connectivity index (χ4n) is 3.38. The first-order valence-electron chi connectivity index (χ1n) is 8.54. The van der Waals surface area contributed by atoms with Crippen LogP contribution in [0.1, 0.15) is 66.2 Å². The van der Waals surface area contributed by atoms with Crippen LogP contribution in [0.15, 0.2) is 0 Å². The molecule has 0 heterocycles. The summed E-state index contributed by atoms with van der Waals surface area (Å²) in [6.07, 6.45) is 6.66. The number of primary amides is 1. The highest BCUT2D eigenvalue weighted by Crippen LogP contribution is 2.30. The fourth-order valence-corrected chi connectivity index (χ4v) is 3.38. The van der Waals surface area contributed by atoms with Crippen molar-refractivity contribution >= 4 is 5.91 Å². The van der Waals surface area contributed by atoms with Crippen LogP contribution < -0.4 is 11.1 Å². The van der Waals surface area contributed by atoms with Crippen molar-refractivity contribution in [3.8, 4) is 0 Å². The van der Waals surface area contributed by atoms with Crippen LogP contribution in [0, 0.1) is 11.8 Å². The fraction of sp³-hybridized carbons (Fsp3) is 0.941. The minimum atomic E-state index is -0.605. The molecule has 1 saturated carbocycles. The van der Waals surface area contributed by atoms with Crippen molar-refractivity contribution in [2.75, 3.05) is 13.2 Å². The van der Waals surface area contributed by atoms with Crippen LogP contribution >= 0.6 is 0 Å². The Morgan fingerprint density at radius 1 is 1.29 bits per heavy atom. The smallest absolute Gasteiger partial charge is 0.237 e. The quantitative estimate of drug-likeness (QED) is 0.643. The number of hydrogen-bond acceptors (Lipinski definition) is 3. The Morgan fingerprint density at radius 3 is 2.43 bits per heavy atom. The molecular formula is C17H34N2O2. The maximum Gasteiger partial charge on any atom is 0.237 e. The first-order valence-corrected chi connectivity index (χ1v) is 8.54. The number of carbonyl (C=O) groups is 1. The molecule has 124 valence electrons. The number of hydrogen-bond donors (Lipinski definition) is 2. The molecule has 1 aliphatic carbocycles. The van der Waals surface area contributed by atoms with Crippen LogP contribution in [-0.4, -0.2) is 30.7 Å². The Labute approximate surface area is 130 Å². The van der Waals surface area contributed by atoms with Crippen LogP contribution in [-0.2, 0) is 9.53 Å². The van der Waals surface area contributed by atoms with E-state index in [0.717, 1.165) is 44.2 Å². The zero-order valence-corrected chi connectivity index (χ0v) is 14.3. The van der Waals surface area contributed by atoms with Crippen molar-refractivity contribution in [1.82, 2.24) is 5.32 Å². The summed E-state index contributed by atoms with van der Waals surface area (Å²) in [6.45, 7) is 10.1. The van der Waals surface area contributed by atoms with E-state index in [-0.39, 0.29) is 5.91 Å². The summed E-state index contributed by atoms with van der Waals surface area (Å²) in [6, 6.07) is 0. The number of nitrogens with one attached hydrogen (secondary N) is 1. The van der Waals surface area contributed by atoms with E-state index in [1.165, 1.54) is 19.3 Å².